The lowest BCUT2D eigenvalue weighted by atomic mass is 10.2. The number of amides is 1. The summed E-state index contributed by atoms with van der Waals surface area (Å²) >= 11 is 2.74. The fraction of sp³-hybridized carbons (Fsp3) is 0.391. The number of rotatable bonds is 10. The third-order valence-corrected chi connectivity index (χ3v) is 7.03. The summed E-state index contributed by atoms with van der Waals surface area (Å²) in [6, 6.07) is 9.73. The zero-order valence-electron chi connectivity index (χ0n) is 18.5. The van der Waals surface area contributed by atoms with E-state index in [1.807, 2.05) is 44.2 Å². The predicted molar refractivity (Wildman–Crippen MR) is 128 cm³/mol. The summed E-state index contributed by atoms with van der Waals surface area (Å²) in [5.41, 5.74) is 1.86. The Hall–Kier alpha value is -2.65. The third-order valence-electron chi connectivity index (χ3n) is 4.95. The van der Waals surface area contributed by atoms with E-state index in [0.717, 1.165) is 16.0 Å². The van der Waals surface area contributed by atoms with Gasteiger partial charge >= 0.3 is 5.97 Å². The van der Waals surface area contributed by atoms with E-state index in [2.05, 4.69) is 5.32 Å². The number of carbonyl (C=O) groups is 2. The van der Waals surface area contributed by atoms with E-state index in [9.17, 15) is 14.4 Å². The van der Waals surface area contributed by atoms with Gasteiger partial charge < -0.3 is 10.1 Å². The van der Waals surface area contributed by atoms with Gasteiger partial charge in [0, 0.05) is 17.8 Å². The SMILES string of the molecule is CCOC(=O)CCCNC(=O)CSc1nc2sc(C)c(C)c2c(=O)n1Cc1ccccc1. The van der Waals surface area contributed by atoms with Crippen LogP contribution in [-0.4, -0.2) is 40.3 Å². The molecule has 1 N–H and O–H groups in total. The van der Waals surface area contributed by atoms with Crippen LogP contribution in [0.5, 0.6) is 0 Å². The zero-order valence-corrected chi connectivity index (χ0v) is 20.1. The van der Waals surface area contributed by atoms with Gasteiger partial charge in [-0.2, -0.15) is 0 Å². The highest BCUT2D eigenvalue weighted by Gasteiger charge is 2.18. The van der Waals surface area contributed by atoms with Crippen LogP contribution >= 0.6 is 23.1 Å². The van der Waals surface area contributed by atoms with Gasteiger partial charge in [0.15, 0.2) is 5.16 Å². The molecule has 3 rings (SSSR count). The first-order valence-corrected chi connectivity index (χ1v) is 12.3. The van der Waals surface area contributed by atoms with Crippen LogP contribution in [0.2, 0.25) is 0 Å². The maximum atomic E-state index is 13.3. The highest BCUT2D eigenvalue weighted by Crippen LogP contribution is 2.28. The van der Waals surface area contributed by atoms with Crippen LogP contribution in [0, 0.1) is 13.8 Å². The van der Waals surface area contributed by atoms with Crippen LogP contribution in [0.3, 0.4) is 0 Å². The normalized spacial score (nSPS) is 11.0. The van der Waals surface area contributed by atoms with Gasteiger partial charge in [0.1, 0.15) is 4.83 Å². The number of esters is 1. The predicted octanol–water partition coefficient (Wildman–Crippen LogP) is 3.67. The van der Waals surface area contributed by atoms with Gasteiger partial charge in [0.2, 0.25) is 5.91 Å². The van der Waals surface area contributed by atoms with Crippen molar-refractivity contribution < 1.29 is 14.3 Å². The van der Waals surface area contributed by atoms with Crippen molar-refractivity contribution in [1.82, 2.24) is 14.9 Å². The molecule has 7 nitrogen and oxygen atoms in total. The van der Waals surface area contributed by atoms with E-state index >= 15 is 0 Å². The lowest BCUT2D eigenvalue weighted by Crippen LogP contribution is -2.28. The fourth-order valence-electron chi connectivity index (χ4n) is 3.20. The van der Waals surface area contributed by atoms with Crippen LogP contribution in [0.15, 0.2) is 40.3 Å². The molecule has 1 amide bonds. The Morgan fingerprint density at radius 2 is 1.97 bits per heavy atom. The number of aromatic nitrogens is 2. The van der Waals surface area contributed by atoms with Crippen molar-refractivity contribution in [2.24, 2.45) is 0 Å². The fourth-order valence-corrected chi connectivity index (χ4v) is 5.10. The monoisotopic (exact) mass is 473 g/mol. The average molecular weight is 474 g/mol. The van der Waals surface area contributed by atoms with Gasteiger partial charge in [-0.05, 0) is 38.3 Å². The standard InChI is InChI=1S/C23H27N3O4S2/c1-4-30-19(28)11-8-12-24-18(27)14-31-23-25-21-20(15(2)16(3)32-21)22(29)26(23)13-17-9-6-5-7-10-17/h5-7,9-10H,4,8,11-14H2,1-3H3,(H,24,27). The van der Waals surface area contributed by atoms with Crippen molar-refractivity contribution in [1.29, 1.82) is 0 Å². The van der Waals surface area contributed by atoms with E-state index in [1.165, 1.54) is 23.1 Å². The first-order valence-electron chi connectivity index (χ1n) is 10.5. The van der Waals surface area contributed by atoms with E-state index in [4.69, 9.17) is 9.72 Å². The summed E-state index contributed by atoms with van der Waals surface area (Å²) in [5, 5.41) is 3.98. The maximum absolute atomic E-state index is 13.3. The van der Waals surface area contributed by atoms with Gasteiger partial charge in [-0.1, -0.05) is 42.1 Å². The van der Waals surface area contributed by atoms with Gasteiger partial charge in [0.05, 0.1) is 24.3 Å². The quantitative estimate of drug-likeness (QED) is 0.209. The molecule has 1 aromatic carbocycles. The number of nitrogens with zero attached hydrogens (tertiary/aromatic N) is 2. The molecule has 0 spiro atoms. The minimum absolute atomic E-state index is 0.0851. The van der Waals surface area contributed by atoms with Gasteiger partial charge in [-0.3, -0.25) is 19.0 Å². The largest absolute Gasteiger partial charge is 0.466 e. The number of aryl methyl sites for hydroxylation is 2. The summed E-state index contributed by atoms with van der Waals surface area (Å²) in [7, 11) is 0. The Morgan fingerprint density at radius 3 is 2.69 bits per heavy atom. The lowest BCUT2D eigenvalue weighted by molar-refractivity contribution is -0.143. The Morgan fingerprint density at radius 1 is 1.22 bits per heavy atom. The molecule has 0 atom stereocenters. The average Bonchev–Trinajstić information content (AvgIpc) is 3.06. The molecule has 3 aromatic rings. The summed E-state index contributed by atoms with van der Waals surface area (Å²) in [5.74, 6) is -0.298. The molecule has 0 aliphatic rings. The smallest absolute Gasteiger partial charge is 0.305 e. The molecule has 0 fully saturated rings. The maximum Gasteiger partial charge on any atom is 0.305 e. The minimum atomic E-state index is -0.264. The molecule has 0 saturated carbocycles. The number of ether oxygens (including phenoxy) is 1. The molecule has 0 unspecified atom stereocenters. The van der Waals surface area contributed by atoms with E-state index in [-0.39, 0.29) is 29.6 Å². The van der Waals surface area contributed by atoms with Crippen molar-refractivity contribution in [3.05, 3.63) is 56.7 Å². The van der Waals surface area contributed by atoms with E-state index in [1.54, 1.807) is 11.5 Å². The molecule has 9 heteroatoms. The van der Waals surface area contributed by atoms with Crippen molar-refractivity contribution >= 4 is 45.2 Å². The van der Waals surface area contributed by atoms with Crippen LogP contribution in [0.25, 0.3) is 10.2 Å². The zero-order chi connectivity index (χ0) is 23.1. The van der Waals surface area contributed by atoms with Crippen molar-refractivity contribution in [2.75, 3.05) is 18.9 Å². The molecule has 0 aliphatic carbocycles. The molecule has 32 heavy (non-hydrogen) atoms. The number of benzene rings is 1. The number of nitrogens with one attached hydrogen (secondary N) is 1. The molecule has 0 radical (unpaired) electrons. The second-order valence-corrected chi connectivity index (χ2v) is 9.43. The highest BCUT2D eigenvalue weighted by molar-refractivity contribution is 7.99. The van der Waals surface area contributed by atoms with Crippen molar-refractivity contribution in [2.45, 2.75) is 45.3 Å². The number of hydrogen-bond donors (Lipinski definition) is 1. The summed E-state index contributed by atoms with van der Waals surface area (Å²) < 4.78 is 6.53. The number of thiophene rings is 1. The van der Waals surface area contributed by atoms with Crippen molar-refractivity contribution in [3.63, 3.8) is 0 Å². The van der Waals surface area contributed by atoms with E-state index in [0.29, 0.717) is 41.5 Å². The number of fused-ring (bicyclic) bond motifs is 1. The molecular weight excluding hydrogens is 446 g/mol. The van der Waals surface area contributed by atoms with Crippen LogP contribution < -0.4 is 10.9 Å². The Kier molecular flexibility index (Phi) is 8.46. The number of hydrogen-bond acceptors (Lipinski definition) is 7. The second-order valence-electron chi connectivity index (χ2n) is 7.28. The molecule has 2 heterocycles. The number of thioether (sulfide) groups is 1. The summed E-state index contributed by atoms with van der Waals surface area (Å²) in [6.45, 7) is 6.83. The molecule has 0 saturated heterocycles. The summed E-state index contributed by atoms with van der Waals surface area (Å²) in [6.07, 6.45) is 0.791. The third kappa shape index (κ3) is 5.98. The Labute approximate surface area is 195 Å². The van der Waals surface area contributed by atoms with Crippen LogP contribution in [0.4, 0.5) is 0 Å². The molecular formula is C23H27N3O4S2. The van der Waals surface area contributed by atoms with Crippen molar-refractivity contribution in [3.8, 4) is 0 Å². The molecule has 0 aliphatic heterocycles. The Balaban J connectivity index is 1.73. The van der Waals surface area contributed by atoms with Gasteiger partial charge in [0.25, 0.3) is 5.56 Å². The summed E-state index contributed by atoms with van der Waals surface area (Å²) in [4.78, 5) is 43.5. The molecule has 0 bridgehead atoms. The Bertz CT molecular complexity index is 1160. The second kappa shape index (κ2) is 11.3. The van der Waals surface area contributed by atoms with Crippen LogP contribution in [-0.2, 0) is 20.9 Å². The molecule has 170 valence electrons. The molecule has 2 aromatic heterocycles. The van der Waals surface area contributed by atoms with Gasteiger partial charge in [-0.15, -0.1) is 11.3 Å². The minimum Gasteiger partial charge on any atom is -0.466 e. The van der Waals surface area contributed by atoms with Gasteiger partial charge in [-0.25, -0.2) is 4.98 Å². The first kappa shape index (κ1) is 24.0. The highest BCUT2D eigenvalue weighted by atomic mass is 32.2. The topological polar surface area (TPSA) is 90.3 Å². The lowest BCUT2D eigenvalue weighted by Gasteiger charge is -2.12. The van der Waals surface area contributed by atoms with E-state index < -0.39 is 0 Å². The first-order chi connectivity index (χ1) is 15.4. The van der Waals surface area contributed by atoms with Crippen LogP contribution in [0.1, 0.15) is 35.8 Å². The number of carbonyl (C=O) groups excluding carboxylic acids is 2.